The molecule has 0 aliphatic rings. The first kappa shape index (κ1) is 31.6. The molecule has 0 saturated heterocycles. The van der Waals surface area contributed by atoms with Gasteiger partial charge in [0.2, 0.25) is 11.8 Å². The lowest BCUT2D eigenvalue weighted by atomic mass is 10.1. The fraction of sp³-hybridized carbons (Fsp3) is 0.212. The van der Waals surface area contributed by atoms with E-state index in [0.29, 0.717) is 29.5 Å². The number of carbonyl (C=O) groups excluding carboxylic acids is 2. The maximum atomic E-state index is 14.1. The summed E-state index contributed by atoms with van der Waals surface area (Å²) in [6, 6.07) is 29.8. The molecule has 4 aromatic rings. The van der Waals surface area contributed by atoms with Crippen molar-refractivity contribution in [2.24, 2.45) is 0 Å². The minimum absolute atomic E-state index is 0.0347. The lowest BCUT2D eigenvalue weighted by molar-refractivity contribution is -0.140. The van der Waals surface area contributed by atoms with Gasteiger partial charge in [0.05, 0.1) is 10.6 Å². The summed E-state index contributed by atoms with van der Waals surface area (Å²) < 4.78 is 34.9. The molecule has 1 atom stereocenters. The number of carbonyl (C=O) groups is 2. The van der Waals surface area contributed by atoms with Crippen molar-refractivity contribution >= 4 is 39.1 Å². The predicted molar refractivity (Wildman–Crippen MR) is 169 cm³/mol. The lowest BCUT2D eigenvalue weighted by Gasteiger charge is -2.33. The Kier molecular flexibility index (Phi) is 10.8. The fourth-order valence-corrected chi connectivity index (χ4v) is 6.11. The van der Waals surface area contributed by atoms with E-state index in [0.717, 1.165) is 9.87 Å². The molecule has 0 heterocycles. The molecule has 0 spiro atoms. The van der Waals surface area contributed by atoms with Gasteiger partial charge in [-0.3, -0.25) is 13.9 Å². The average molecular weight is 620 g/mol. The van der Waals surface area contributed by atoms with E-state index in [1.54, 1.807) is 73.7 Å². The van der Waals surface area contributed by atoms with Crippen molar-refractivity contribution in [2.45, 2.75) is 37.8 Å². The topological polar surface area (TPSA) is 96.0 Å². The molecule has 4 rings (SSSR count). The van der Waals surface area contributed by atoms with E-state index < -0.39 is 28.5 Å². The van der Waals surface area contributed by atoms with E-state index in [1.807, 2.05) is 37.3 Å². The summed E-state index contributed by atoms with van der Waals surface area (Å²) in [7, 11) is -4.17. The monoisotopic (exact) mass is 619 g/mol. The maximum absolute atomic E-state index is 14.1. The second-order valence-electron chi connectivity index (χ2n) is 9.70. The second kappa shape index (κ2) is 14.7. The van der Waals surface area contributed by atoms with Gasteiger partial charge in [-0.25, -0.2) is 8.42 Å². The number of likely N-dealkylation sites (N-methyl/N-ethyl adjacent to an activating group) is 1. The van der Waals surface area contributed by atoms with E-state index >= 15 is 0 Å². The normalized spacial score (nSPS) is 11.8. The molecule has 0 aromatic heterocycles. The van der Waals surface area contributed by atoms with Crippen LogP contribution in [-0.2, 0) is 26.2 Å². The van der Waals surface area contributed by atoms with Crippen LogP contribution in [0.1, 0.15) is 25.8 Å². The van der Waals surface area contributed by atoms with Crippen molar-refractivity contribution in [3.8, 4) is 11.5 Å². The molecular formula is C33H34ClN3O5S. The van der Waals surface area contributed by atoms with Gasteiger partial charge in [-0.05, 0) is 79.6 Å². The highest BCUT2D eigenvalue weighted by molar-refractivity contribution is 7.92. The second-order valence-corrected chi connectivity index (χ2v) is 12.0. The number of ether oxygens (including phenoxy) is 1. The van der Waals surface area contributed by atoms with Crippen molar-refractivity contribution in [3.63, 3.8) is 0 Å². The van der Waals surface area contributed by atoms with E-state index in [-0.39, 0.29) is 23.0 Å². The van der Waals surface area contributed by atoms with Crippen LogP contribution in [0.2, 0.25) is 5.02 Å². The number of nitrogens with zero attached hydrogens (tertiary/aromatic N) is 2. The molecule has 224 valence electrons. The molecule has 0 aliphatic heterocycles. The van der Waals surface area contributed by atoms with Crippen molar-refractivity contribution in [1.29, 1.82) is 0 Å². The number of benzene rings is 4. The average Bonchev–Trinajstić information content (AvgIpc) is 3.02. The van der Waals surface area contributed by atoms with Crippen LogP contribution in [0, 0.1) is 0 Å². The first-order chi connectivity index (χ1) is 20.7. The van der Waals surface area contributed by atoms with Gasteiger partial charge in [0, 0.05) is 18.1 Å². The highest BCUT2D eigenvalue weighted by Gasteiger charge is 2.33. The molecule has 1 unspecified atom stereocenters. The minimum atomic E-state index is -4.17. The Morgan fingerprint density at radius 2 is 1.40 bits per heavy atom. The molecule has 10 heteroatoms. The Labute approximate surface area is 257 Å². The zero-order valence-electron chi connectivity index (χ0n) is 24.0. The molecule has 8 nitrogen and oxygen atoms in total. The third-order valence-corrected chi connectivity index (χ3v) is 8.76. The predicted octanol–water partition coefficient (Wildman–Crippen LogP) is 6.27. The van der Waals surface area contributed by atoms with E-state index in [4.69, 9.17) is 16.3 Å². The zero-order chi connectivity index (χ0) is 30.8. The lowest BCUT2D eigenvalue weighted by Crippen LogP contribution is -2.52. The maximum Gasteiger partial charge on any atom is 0.264 e. The molecular weight excluding hydrogens is 586 g/mol. The van der Waals surface area contributed by atoms with E-state index in [2.05, 4.69) is 5.32 Å². The van der Waals surface area contributed by atoms with E-state index in [9.17, 15) is 18.0 Å². The molecule has 0 fully saturated rings. The first-order valence-electron chi connectivity index (χ1n) is 13.9. The summed E-state index contributed by atoms with van der Waals surface area (Å²) in [4.78, 5) is 28.6. The van der Waals surface area contributed by atoms with Gasteiger partial charge in [-0.2, -0.15) is 0 Å². The molecule has 0 radical (unpaired) electrons. The third kappa shape index (κ3) is 8.15. The van der Waals surface area contributed by atoms with Crippen LogP contribution in [0.25, 0.3) is 0 Å². The van der Waals surface area contributed by atoms with E-state index in [1.165, 1.54) is 17.0 Å². The molecule has 0 aliphatic carbocycles. The summed E-state index contributed by atoms with van der Waals surface area (Å²) in [6.45, 7) is 3.57. The van der Waals surface area contributed by atoms with Crippen LogP contribution in [-0.4, -0.2) is 44.3 Å². The van der Waals surface area contributed by atoms with Crippen molar-refractivity contribution < 1.29 is 22.7 Å². The summed E-state index contributed by atoms with van der Waals surface area (Å²) in [5.74, 6) is 0.294. The highest BCUT2D eigenvalue weighted by atomic mass is 35.5. The number of hydrogen-bond donors (Lipinski definition) is 1. The summed E-state index contributed by atoms with van der Waals surface area (Å²) >= 11 is 6.07. The number of anilines is 1. The van der Waals surface area contributed by atoms with Crippen LogP contribution < -0.4 is 14.4 Å². The molecule has 0 saturated carbocycles. The van der Waals surface area contributed by atoms with Crippen LogP contribution in [0.3, 0.4) is 0 Å². The number of sulfonamides is 1. The summed E-state index contributed by atoms with van der Waals surface area (Å²) in [6.07, 6.45) is 0.335. The van der Waals surface area contributed by atoms with Crippen LogP contribution >= 0.6 is 11.6 Å². The van der Waals surface area contributed by atoms with Gasteiger partial charge in [-0.15, -0.1) is 0 Å². The third-order valence-electron chi connectivity index (χ3n) is 6.72. The smallest absolute Gasteiger partial charge is 0.264 e. The van der Waals surface area contributed by atoms with Gasteiger partial charge in [-0.1, -0.05) is 67.1 Å². The largest absolute Gasteiger partial charge is 0.457 e. The van der Waals surface area contributed by atoms with Gasteiger partial charge in [0.15, 0.2) is 0 Å². The van der Waals surface area contributed by atoms with Crippen molar-refractivity contribution in [3.05, 3.63) is 120 Å². The Balaban J connectivity index is 1.70. The first-order valence-corrected chi connectivity index (χ1v) is 15.8. The molecule has 2 amide bonds. The Morgan fingerprint density at radius 3 is 1.98 bits per heavy atom. The molecule has 4 aromatic carbocycles. The summed E-state index contributed by atoms with van der Waals surface area (Å²) in [5.41, 5.74) is 1.02. The SMILES string of the molecule is CCNC(=O)C(CC)N(Cc1ccc(Cl)cc1)C(=O)CN(c1ccc(Oc2ccccc2)cc1)S(=O)(=O)c1ccccc1. The van der Waals surface area contributed by atoms with Gasteiger partial charge in [0.25, 0.3) is 10.0 Å². The standard InChI is InChI=1S/C33H34ClN3O5S/c1-3-31(33(39)35-4-2)36(23-25-15-17-26(34)18-16-25)32(38)24-37(43(40,41)30-13-9-6-10-14-30)27-19-21-29(22-20-27)42-28-11-7-5-8-12-28/h5-22,31H,3-4,23-24H2,1-2H3,(H,35,39). The van der Waals surface area contributed by atoms with Gasteiger partial charge >= 0.3 is 0 Å². The number of amides is 2. The van der Waals surface area contributed by atoms with Crippen molar-refractivity contribution in [2.75, 3.05) is 17.4 Å². The number of halogens is 1. The Bertz CT molecular complexity index is 1600. The molecule has 0 bridgehead atoms. The van der Waals surface area contributed by atoms with Crippen LogP contribution in [0.15, 0.2) is 114 Å². The van der Waals surface area contributed by atoms with Gasteiger partial charge in [0.1, 0.15) is 24.1 Å². The quantitative estimate of drug-likeness (QED) is 0.190. The minimum Gasteiger partial charge on any atom is -0.457 e. The number of hydrogen-bond acceptors (Lipinski definition) is 5. The number of nitrogens with one attached hydrogen (secondary N) is 1. The highest BCUT2D eigenvalue weighted by Crippen LogP contribution is 2.28. The summed E-state index contributed by atoms with van der Waals surface area (Å²) in [5, 5.41) is 3.33. The molecule has 1 N–H and O–H groups in total. The van der Waals surface area contributed by atoms with Gasteiger partial charge < -0.3 is 15.0 Å². The Hall–Kier alpha value is -4.34. The number of rotatable bonds is 13. The Morgan fingerprint density at radius 1 is 0.814 bits per heavy atom. The fourth-order valence-electron chi connectivity index (χ4n) is 4.55. The zero-order valence-corrected chi connectivity index (χ0v) is 25.6. The van der Waals surface area contributed by atoms with Crippen molar-refractivity contribution in [1.82, 2.24) is 10.2 Å². The molecule has 43 heavy (non-hydrogen) atoms. The number of para-hydroxylation sites is 1. The van der Waals surface area contributed by atoms with Crippen LogP contribution in [0.4, 0.5) is 5.69 Å². The van der Waals surface area contributed by atoms with Crippen LogP contribution in [0.5, 0.6) is 11.5 Å².